The quantitative estimate of drug-likeness (QED) is 0.684. The Labute approximate surface area is 123 Å². The zero-order valence-electron chi connectivity index (χ0n) is 11.4. The molecule has 2 heterocycles. The first-order valence-corrected chi connectivity index (χ1v) is 6.75. The number of carbonyl (C=O) groups is 1. The number of Topliss-reactive ketones (excluding diaryl/α,β-unsaturated/α-hetero) is 1. The molecule has 2 aromatic heterocycles. The molecular weight excluding hydrogens is 260 g/mol. The highest BCUT2D eigenvalue weighted by atomic mass is 16.1. The summed E-state index contributed by atoms with van der Waals surface area (Å²) < 4.78 is 0. The van der Waals surface area contributed by atoms with Crippen LogP contribution < -0.4 is 0 Å². The molecule has 0 amide bonds. The number of ketones is 1. The molecule has 1 unspecified atom stereocenters. The molecule has 102 valence electrons. The average molecular weight is 274 g/mol. The summed E-state index contributed by atoms with van der Waals surface area (Å²) in [6, 6.07) is 17.1. The standard InChI is InChI=1S/C18H14N2O/c21-18(16-9-5-11-20-13-16)17(14-6-2-1-3-7-14)15-8-4-10-19-12-15/h1-13,17H. The SMILES string of the molecule is O=C(c1cccnc1)C(c1ccccc1)c1cccnc1. The highest BCUT2D eigenvalue weighted by molar-refractivity contribution is 6.02. The minimum atomic E-state index is -0.357. The summed E-state index contributed by atoms with van der Waals surface area (Å²) in [5.41, 5.74) is 2.45. The third kappa shape index (κ3) is 2.87. The Morgan fingerprint density at radius 1 is 0.762 bits per heavy atom. The fourth-order valence-electron chi connectivity index (χ4n) is 2.36. The normalized spacial score (nSPS) is 11.8. The fraction of sp³-hybridized carbons (Fsp3) is 0.0556. The molecule has 1 aromatic carbocycles. The number of hydrogen-bond donors (Lipinski definition) is 0. The lowest BCUT2D eigenvalue weighted by molar-refractivity contribution is 0.0973. The van der Waals surface area contributed by atoms with Crippen LogP contribution in [-0.4, -0.2) is 15.8 Å². The van der Waals surface area contributed by atoms with E-state index in [1.807, 2.05) is 42.5 Å². The molecule has 3 aromatic rings. The maximum Gasteiger partial charge on any atom is 0.176 e. The molecule has 3 heteroatoms. The molecule has 0 bridgehead atoms. The van der Waals surface area contributed by atoms with Gasteiger partial charge >= 0.3 is 0 Å². The number of aromatic nitrogens is 2. The predicted molar refractivity (Wildman–Crippen MR) is 81.1 cm³/mol. The van der Waals surface area contributed by atoms with Crippen LogP contribution in [0.2, 0.25) is 0 Å². The molecule has 3 nitrogen and oxygen atoms in total. The van der Waals surface area contributed by atoms with Crippen molar-refractivity contribution in [2.24, 2.45) is 0 Å². The second-order valence-corrected chi connectivity index (χ2v) is 4.74. The monoisotopic (exact) mass is 274 g/mol. The topological polar surface area (TPSA) is 42.9 Å². The van der Waals surface area contributed by atoms with Gasteiger partial charge in [0.25, 0.3) is 0 Å². The van der Waals surface area contributed by atoms with E-state index < -0.39 is 0 Å². The van der Waals surface area contributed by atoms with E-state index >= 15 is 0 Å². The van der Waals surface area contributed by atoms with Gasteiger partial charge < -0.3 is 0 Å². The van der Waals surface area contributed by atoms with E-state index in [1.54, 1.807) is 36.9 Å². The van der Waals surface area contributed by atoms with Crippen LogP contribution >= 0.6 is 0 Å². The third-order valence-corrected chi connectivity index (χ3v) is 3.36. The molecule has 0 spiro atoms. The highest BCUT2D eigenvalue weighted by Gasteiger charge is 2.24. The van der Waals surface area contributed by atoms with Crippen LogP contribution in [0.15, 0.2) is 79.4 Å². The molecule has 1 atom stereocenters. The van der Waals surface area contributed by atoms with Crippen molar-refractivity contribution in [3.05, 3.63) is 96.1 Å². The zero-order valence-corrected chi connectivity index (χ0v) is 11.4. The van der Waals surface area contributed by atoms with E-state index in [-0.39, 0.29) is 11.7 Å². The second-order valence-electron chi connectivity index (χ2n) is 4.74. The van der Waals surface area contributed by atoms with E-state index in [0.29, 0.717) is 5.56 Å². The lowest BCUT2D eigenvalue weighted by atomic mass is 9.86. The average Bonchev–Trinajstić information content (AvgIpc) is 2.58. The number of carbonyl (C=O) groups excluding carboxylic acids is 1. The van der Waals surface area contributed by atoms with Crippen molar-refractivity contribution in [2.45, 2.75) is 5.92 Å². The maximum absolute atomic E-state index is 12.9. The summed E-state index contributed by atoms with van der Waals surface area (Å²) in [6.45, 7) is 0. The van der Waals surface area contributed by atoms with Gasteiger partial charge in [-0.3, -0.25) is 14.8 Å². The summed E-state index contributed by atoms with van der Waals surface area (Å²) in [6.07, 6.45) is 6.72. The molecule has 0 radical (unpaired) electrons. The summed E-state index contributed by atoms with van der Waals surface area (Å²) in [5, 5.41) is 0. The van der Waals surface area contributed by atoms with Gasteiger partial charge in [-0.25, -0.2) is 0 Å². The van der Waals surface area contributed by atoms with Crippen LogP contribution in [0.1, 0.15) is 27.4 Å². The first-order chi connectivity index (χ1) is 10.4. The van der Waals surface area contributed by atoms with Crippen molar-refractivity contribution in [1.82, 2.24) is 9.97 Å². The minimum Gasteiger partial charge on any atom is -0.293 e. The first-order valence-electron chi connectivity index (χ1n) is 6.75. The van der Waals surface area contributed by atoms with Gasteiger partial charge in [0.2, 0.25) is 0 Å². The summed E-state index contributed by atoms with van der Waals surface area (Å²) in [4.78, 5) is 21.1. The molecule has 0 fully saturated rings. The molecule has 0 aliphatic carbocycles. The number of pyridine rings is 2. The maximum atomic E-state index is 12.9. The van der Waals surface area contributed by atoms with E-state index in [4.69, 9.17) is 0 Å². The molecule has 0 N–H and O–H groups in total. The summed E-state index contributed by atoms with van der Waals surface area (Å²) in [7, 11) is 0. The number of nitrogens with zero attached hydrogens (tertiary/aromatic N) is 2. The van der Waals surface area contributed by atoms with E-state index in [1.165, 1.54) is 0 Å². The summed E-state index contributed by atoms with van der Waals surface area (Å²) in [5.74, 6) is -0.327. The Bertz CT molecular complexity index is 672. The predicted octanol–water partition coefficient (Wildman–Crippen LogP) is 3.49. The first kappa shape index (κ1) is 13.2. The van der Waals surface area contributed by atoms with Gasteiger partial charge in [0.1, 0.15) is 0 Å². The van der Waals surface area contributed by atoms with Gasteiger partial charge in [0.15, 0.2) is 5.78 Å². The van der Waals surface area contributed by atoms with Crippen molar-refractivity contribution in [1.29, 1.82) is 0 Å². The smallest absolute Gasteiger partial charge is 0.176 e. The highest BCUT2D eigenvalue weighted by Crippen LogP contribution is 2.27. The number of hydrogen-bond acceptors (Lipinski definition) is 3. The Hall–Kier alpha value is -2.81. The van der Waals surface area contributed by atoms with Gasteiger partial charge in [0.05, 0.1) is 5.92 Å². The Kier molecular flexibility index (Phi) is 3.83. The Balaban J connectivity index is 2.07. The Morgan fingerprint density at radius 2 is 1.43 bits per heavy atom. The molecular formula is C18H14N2O. The number of rotatable bonds is 4. The van der Waals surface area contributed by atoms with Gasteiger partial charge in [-0.2, -0.15) is 0 Å². The van der Waals surface area contributed by atoms with Crippen LogP contribution in [0.4, 0.5) is 0 Å². The van der Waals surface area contributed by atoms with Crippen molar-refractivity contribution < 1.29 is 4.79 Å². The molecule has 21 heavy (non-hydrogen) atoms. The lowest BCUT2D eigenvalue weighted by Gasteiger charge is -2.16. The van der Waals surface area contributed by atoms with Crippen molar-refractivity contribution in [2.75, 3.05) is 0 Å². The van der Waals surface area contributed by atoms with Crippen molar-refractivity contribution in [3.63, 3.8) is 0 Å². The van der Waals surface area contributed by atoms with Gasteiger partial charge in [-0.1, -0.05) is 36.4 Å². The van der Waals surface area contributed by atoms with Crippen LogP contribution in [0.25, 0.3) is 0 Å². The van der Waals surface area contributed by atoms with E-state index in [0.717, 1.165) is 11.1 Å². The lowest BCUT2D eigenvalue weighted by Crippen LogP contribution is -2.14. The van der Waals surface area contributed by atoms with Crippen molar-refractivity contribution in [3.8, 4) is 0 Å². The molecule has 0 saturated heterocycles. The third-order valence-electron chi connectivity index (χ3n) is 3.36. The van der Waals surface area contributed by atoms with Crippen LogP contribution in [-0.2, 0) is 0 Å². The van der Waals surface area contributed by atoms with E-state index in [2.05, 4.69) is 9.97 Å². The van der Waals surface area contributed by atoms with Gasteiger partial charge in [0, 0.05) is 30.4 Å². The van der Waals surface area contributed by atoms with Gasteiger partial charge in [-0.05, 0) is 29.3 Å². The fourth-order valence-corrected chi connectivity index (χ4v) is 2.36. The van der Waals surface area contributed by atoms with Gasteiger partial charge in [-0.15, -0.1) is 0 Å². The second kappa shape index (κ2) is 6.09. The van der Waals surface area contributed by atoms with Crippen LogP contribution in [0, 0.1) is 0 Å². The van der Waals surface area contributed by atoms with Crippen LogP contribution in [0.5, 0.6) is 0 Å². The largest absolute Gasteiger partial charge is 0.293 e. The molecule has 0 saturated carbocycles. The summed E-state index contributed by atoms with van der Waals surface area (Å²) >= 11 is 0. The zero-order chi connectivity index (χ0) is 14.5. The molecule has 0 aliphatic heterocycles. The Morgan fingerprint density at radius 3 is 2.05 bits per heavy atom. The van der Waals surface area contributed by atoms with Crippen LogP contribution in [0.3, 0.4) is 0 Å². The molecule has 0 aliphatic rings. The van der Waals surface area contributed by atoms with E-state index in [9.17, 15) is 4.79 Å². The number of benzene rings is 1. The minimum absolute atomic E-state index is 0.0299. The molecule has 3 rings (SSSR count). The van der Waals surface area contributed by atoms with Crippen molar-refractivity contribution >= 4 is 5.78 Å².